The van der Waals surface area contributed by atoms with E-state index in [1.165, 1.54) is 6.39 Å². The van der Waals surface area contributed by atoms with Gasteiger partial charge < -0.3 is 9.73 Å². The van der Waals surface area contributed by atoms with Crippen LogP contribution in [-0.4, -0.2) is 9.97 Å². The van der Waals surface area contributed by atoms with Crippen molar-refractivity contribution < 1.29 is 4.42 Å². The van der Waals surface area contributed by atoms with Gasteiger partial charge in [-0.05, 0) is 12.1 Å². The van der Waals surface area contributed by atoms with Gasteiger partial charge in [0.2, 0.25) is 0 Å². The zero-order valence-electron chi connectivity index (χ0n) is 7.27. The number of nitrogens with one attached hydrogen (secondary N) is 1. The van der Waals surface area contributed by atoms with Crippen LogP contribution in [0.1, 0.15) is 5.76 Å². The molecule has 14 heavy (non-hydrogen) atoms. The lowest BCUT2D eigenvalue weighted by Crippen LogP contribution is -1.98. The molecular formula is C9H8ClN3O. The van der Waals surface area contributed by atoms with E-state index in [-0.39, 0.29) is 0 Å². The van der Waals surface area contributed by atoms with Crippen LogP contribution in [0, 0.1) is 0 Å². The molecule has 72 valence electrons. The van der Waals surface area contributed by atoms with E-state index in [0.717, 1.165) is 11.4 Å². The van der Waals surface area contributed by atoms with Crippen LogP contribution in [0.4, 0.5) is 5.69 Å². The van der Waals surface area contributed by atoms with Crippen molar-refractivity contribution in [1.82, 2.24) is 9.97 Å². The standard InChI is InChI=1S/C9H8ClN3O/c10-9-2-1-7(3-13-9)12-5-8-4-11-6-14-8/h1-4,6,12H,5H2. The van der Waals surface area contributed by atoms with Crippen LogP contribution in [0.2, 0.25) is 5.15 Å². The Hall–Kier alpha value is -1.55. The first-order valence-corrected chi connectivity index (χ1v) is 4.45. The van der Waals surface area contributed by atoms with Crippen molar-refractivity contribution in [1.29, 1.82) is 0 Å². The molecule has 0 amide bonds. The third-order valence-corrected chi connectivity index (χ3v) is 1.90. The third kappa shape index (κ3) is 2.23. The summed E-state index contributed by atoms with van der Waals surface area (Å²) in [7, 11) is 0. The number of rotatable bonds is 3. The highest BCUT2D eigenvalue weighted by Crippen LogP contribution is 2.10. The Morgan fingerprint density at radius 1 is 1.36 bits per heavy atom. The maximum Gasteiger partial charge on any atom is 0.180 e. The second-order valence-electron chi connectivity index (χ2n) is 2.69. The highest BCUT2D eigenvalue weighted by molar-refractivity contribution is 6.29. The summed E-state index contributed by atoms with van der Waals surface area (Å²) < 4.78 is 5.06. The minimum Gasteiger partial charge on any atom is -0.447 e. The Morgan fingerprint density at radius 2 is 2.29 bits per heavy atom. The van der Waals surface area contributed by atoms with Gasteiger partial charge in [-0.1, -0.05) is 11.6 Å². The van der Waals surface area contributed by atoms with Crippen LogP contribution in [0.5, 0.6) is 0 Å². The molecule has 0 aliphatic carbocycles. The second-order valence-corrected chi connectivity index (χ2v) is 3.08. The topological polar surface area (TPSA) is 51.0 Å². The number of anilines is 1. The molecule has 0 atom stereocenters. The molecule has 0 spiro atoms. The minimum absolute atomic E-state index is 0.482. The number of aromatic nitrogens is 2. The molecule has 1 N–H and O–H groups in total. The highest BCUT2D eigenvalue weighted by Gasteiger charge is 1.96. The van der Waals surface area contributed by atoms with Crippen molar-refractivity contribution >= 4 is 17.3 Å². The maximum absolute atomic E-state index is 5.64. The molecule has 5 heteroatoms. The fourth-order valence-corrected chi connectivity index (χ4v) is 1.11. The Labute approximate surface area is 85.9 Å². The largest absolute Gasteiger partial charge is 0.447 e. The average Bonchev–Trinajstić information content (AvgIpc) is 2.70. The van der Waals surface area contributed by atoms with Gasteiger partial charge in [-0.2, -0.15) is 0 Å². The predicted octanol–water partition coefficient (Wildman–Crippen LogP) is 2.34. The monoisotopic (exact) mass is 209 g/mol. The molecular weight excluding hydrogens is 202 g/mol. The number of nitrogens with zero attached hydrogens (tertiary/aromatic N) is 2. The SMILES string of the molecule is Clc1ccc(NCc2cnco2)cn1. The molecule has 0 saturated heterocycles. The smallest absolute Gasteiger partial charge is 0.180 e. The van der Waals surface area contributed by atoms with Gasteiger partial charge in [0.15, 0.2) is 6.39 Å². The van der Waals surface area contributed by atoms with Gasteiger partial charge in [0, 0.05) is 0 Å². The lowest BCUT2D eigenvalue weighted by molar-refractivity contribution is 0.511. The van der Waals surface area contributed by atoms with Crippen LogP contribution in [0.15, 0.2) is 35.3 Å². The van der Waals surface area contributed by atoms with Gasteiger partial charge in [0.1, 0.15) is 10.9 Å². The molecule has 2 aromatic heterocycles. The van der Waals surface area contributed by atoms with Gasteiger partial charge in [-0.15, -0.1) is 0 Å². The van der Waals surface area contributed by atoms with E-state index < -0.39 is 0 Å². The van der Waals surface area contributed by atoms with Crippen LogP contribution in [0.25, 0.3) is 0 Å². The zero-order chi connectivity index (χ0) is 9.80. The van der Waals surface area contributed by atoms with Crippen molar-refractivity contribution in [3.05, 3.63) is 41.8 Å². The zero-order valence-corrected chi connectivity index (χ0v) is 8.03. The quantitative estimate of drug-likeness (QED) is 0.789. The summed E-state index contributed by atoms with van der Waals surface area (Å²) in [4.78, 5) is 7.74. The van der Waals surface area contributed by atoms with Gasteiger partial charge in [0.05, 0.1) is 24.6 Å². The molecule has 2 rings (SSSR count). The van der Waals surface area contributed by atoms with Gasteiger partial charge in [-0.3, -0.25) is 0 Å². The van der Waals surface area contributed by atoms with E-state index in [1.807, 2.05) is 6.07 Å². The first-order chi connectivity index (χ1) is 6.84. The molecule has 0 aliphatic rings. The molecule has 2 heterocycles. The molecule has 0 fully saturated rings. The maximum atomic E-state index is 5.64. The number of hydrogen-bond donors (Lipinski definition) is 1. The van der Waals surface area contributed by atoms with Gasteiger partial charge in [-0.25, -0.2) is 9.97 Å². The predicted molar refractivity (Wildman–Crippen MR) is 53.1 cm³/mol. The third-order valence-electron chi connectivity index (χ3n) is 1.68. The van der Waals surface area contributed by atoms with E-state index in [9.17, 15) is 0 Å². The summed E-state index contributed by atoms with van der Waals surface area (Å²) in [6, 6.07) is 3.58. The Balaban J connectivity index is 1.95. The van der Waals surface area contributed by atoms with E-state index in [4.69, 9.17) is 16.0 Å². The summed E-state index contributed by atoms with van der Waals surface area (Å²) in [5.74, 6) is 0.778. The molecule has 0 bridgehead atoms. The van der Waals surface area contributed by atoms with Crippen molar-refractivity contribution in [3.63, 3.8) is 0 Å². The summed E-state index contributed by atoms with van der Waals surface area (Å²) in [6.45, 7) is 0.587. The number of hydrogen-bond acceptors (Lipinski definition) is 4. The Bertz CT molecular complexity index is 385. The second kappa shape index (κ2) is 4.11. The highest BCUT2D eigenvalue weighted by atomic mass is 35.5. The fraction of sp³-hybridized carbons (Fsp3) is 0.111. The first-order valence-electron chi connectivity index (χ1n) is 4.07. The Morgan fingerprint density at radius 3 is 2.93 bits per heavy atom. The molecule has 0 aliphatic heterocycles. The molecule has 4 nitrogen and oxygen atoms in total. The molecule has 0 radical (unpaired) electrons. The molecule has 0 unspecified atom stereocenters. The van der Waals surface area contributed by atoms with E-state index in [0.29, 0.717) is 11.7 Å². The van der Waals surface area contributed by atoms with Crippen molar-refractivity contribution in [2.24, 2.45) is 0 Å². The van der Waals surface area contributed by atoms with Crippen LogP contribution >= 0.6 is 11.6 Å². The first kappa shape index (κ1) is 9.02. The summed E-state index contributed by atoms with van der Waals surface area (Å²) in [5.41, 5.74) is 0.894. The van der Waals surface area contributed by atoms with E-state index >= 15 is 0 Å². The summed E-state index contributed by atoms with van der Waals surface area (Å²) >= 11 is 5.64. The van der Waals surface area contributed by atoms with E-state index in [1.54, 1.807) is 18.5 Å². The van der Waals surface area contributed by atoms with Crippen molar-refractivity contribution in [2.45, 2.75) is 6.54 Å². The number of oxazole rings is 1. The van der Waals surface area contributed by atoms with E-state index in [2.05, 4.69) is 15.3 Å². The van der Waals surface area contributed by atoms with Crippen molar-refractivity contribution in [2.75, 3.05) is 5.32 Å². The Kier molecular flexibility index (Phi) is 2.65. The van der Waals surface area contributed by atoms with Crippen molar-refractivity contribution in [3.8, 4) is 0 Å². The number of pyridine rings is 1. The molecule has 0 saturated carbocycles. The minimum atomic E-state index is 0.482. The lowest BCUT2D eigenvalue weighted by atomic mass is 10.4. The summed E-state index contributed by atoms with van der Waals surface area (Å²) in [5, 5.41) is 3.60. The van der Waals surface area contributed by atoms with Gasteiger partial charge >= 0.3 is 0 Å². The molecule has 0 aromatic carbocycles. The average molecular weight is 210 g/mol. The van der Waals surface area contributed by atoms with Gasteiger partial charge in [0.25, 0.3) is 0 Å². The normalized spacial score (nSPS) is 10.1. The summed E-state index contributed by atoms with van der Waals surface area (Å²) in [6.07, 6.45) is 4.73. The number of halogens is 1. The lowest BCUT2D eigenvalue weighted by Gasteiger charge is -2.02. The van der Waals surface area contributed by atoms with Crippen LogP contribution < -0.4 is 5.32 Å². The fourth-order valence-electron chi connectivity index (χ4n) is 0.999. The van der Waals surface area contributed by atoms with Crippen LogP contribution in [-0.2, 0) is 6.54 Å². The van der Waals surface area contributed by atoms with Crippen LogP contribution in [0.3, 0.4) is 0 Å². The molecule has 2 aromatic rings.